The van der Waals surface area contributed by atoms with Crippen molar-refractivity contribution in [3.63, 3.8) is 0 Å². The molecule has 1 aliphatic carbocycles. The van der Waals surface area contributed by atoms with E-state index < -0.39 is 16.1 Å². The van der Waals surface area contributed by atoms with Crippen LogP contribution in [0.5, 0.6) is 0 Å². The zero-order valence-electron chi connectivity index (χ0n) is 17.6. The first-order chi connectivity index (χ1) is 14.4. The van der Waals surface area contributed by atoms with E-state index in [2.05, 4.69) is 10.0 Å². The van der Waals surface area contributed by atoms with Gasteiger partial charge in [0, 0.05) is 12.5 Å². The van der Waals surface area contributed by atoms with Gasteiger partial charge >= 0.3 is 0 Å². The number of nitrogens with one attached hydrogen (secondary N) is 2. The molecule has 0 aliphatic heterocycles. The molecule has 0 bridgehead atoms. The number of benzene rings is 2. The Morgan fingerprint density at radius 1 is 0.933 bits per heavy atom. The van der Waals surface area contributed by atoms with Crippen molar-refractivity contribution in [3.8, 4) is 0 Å². The van der Waals surface area contributed by atoms with E-state index in [9.17, 15) is 13.2 Å². The molecule has 6 heteroatoms. The van der Waals surface area contributed by atoms with Crippen molar-refractivity contribution in [1.82, 2.24) is 10.0 Å². The van der Waals surface area contributed by atoms with Gasteiger partial charge in [0.2, 0.25) is 15.9 Å². The molecule has 2 N–H and O–H groups in total. The molecule has 1 fully saturated rings. The summed E-state index contributed by atoms with van der Waals surface area (Å²) in [6, 6.07) is 15.6. The summed E-state index contributed by atoms with van der Waals surface area (Å²) in [5.74, 6) is -0.110. The van der Waals surface area contributed by atoms with E-state index in [0.717, 1.165) is 36.8 Å². The minimum absolute atomic E-state index is 0.0750. The van der Waals surface area contributed by atoms with Gasteiger partial charge in [-0.25, -0.2) is 13.1 Å². The third-order valence-electron chi connectivity index (χ3n) is 5.69. The molecular formula is C24H32N2O3S. The molecule has 30 heavy (non-hydrogen) atoms. The lowest BCUT2D eigenvalue weighted by atomic mass is 9.96. The van der Waals surface area contributed by atoms with Crippen LogP contribution in [0.4, 0.5) is 0 Å². The molecule has 0 heterocycles. The average Bonchev–Trinajstić information content (AvgIpc) is 2.70. The van der Waals surface area contributed by atoms with Crippen LogP contribution < -0.4 is 10.0 Å². The fourth-order valence-corrected chi connectivity index (χ4v) is 5.18. The molecular weight excluding hydrogens is 396 g/mol. The van der Waals surface area contributed by atoms with E-state index in [1.165, 1.54) is 19.3 Å². The predicted octanol–water partition coefficient (Wildman–Crippen LogP) is 4.63. The second-order valence-corrected chi connectivity index (χ2v) is 9.93. The summed E-state index contributed by atoms with van der Waals surface area (Å²) >= 11 is 0. The molecule has 1 amide bonds. The normalized spacial score (nSPS) is 17.0. The van der Waals surface area contributed by atoms with Crippen molar-refractivity contribution in [2.45, 2.75) is 75.3 Å². The molecule has 0 aromatic heterocycles. The van der Waals surface area contributed by atoms with Crippen LogP contribution in [-0.2, 0) is 14.8 Å². The predicted molar refractivity (Wildman–Crippen MR) is 120 cm³/mol. The number of carbonyl (C=O) groups excluding carboxylic acids is 1. The molecule has 162 valence electrons. The van der Waals surface area contributed by atoms with Gasteiger partial charge < -0.3 is 5.32 Å². The van der Waals surface area contributed by atoms with E-state index >= 15 is 0 Å². The summed E-state index contributed by atoms with van der Waals surface area (Å²) in [4.78, 5) is 13.0. The highest BCUT2D eigenvalue weighted by molar-refractivity contribution is 7.89. The molecule has 2 aromatic carbocycles. The quantitative estimate of drug-likeness (QED) is 0.675. The Morgan fingerprint density at radius 2 is 1.53 bits per heavy atom. The number of hydrogen-bond acceptors (Lipinski definition) is 3. The van der Waals surface area contributed by atoms with Crippen molar-refractivity contribution < 1.29 is 13.2 Å². The smallest absolute Gasteiger partial charge is 0.241 e. The highest BCUT2D eigenvalue weighted by Crippen LogP contribution is 2.22. The van der Waals surface area contributed by atoms with E-state index in [4.69, 9.17) is 0 Å². The number of aryl methyl sites for hydroxylation is 1. The van der Waals surface area contributed by atoms with Gasteiger partial charge in [0.1, 0.15) is 0 Å². The number of carbonyl (C=O) groups is 1. The maximum Gasteiger partial charge on any atom is 0.241 e. The highest BCUT2D eigenvalue weighted by Gasteiger charge is 2.25. The third-order valence-corrected chi connectivity index (χ3v) is 7.18. The summed E-state index contributed by atoms with van der Waals surface area (Å²) in [5.41, 5.74) is 1.77. The molecule has 3 rings (SSSR count). The van der Waals surface area contributed by atoms with Gasteiger partial charge in [-0.2, -0.15) is 0 Å². The highest BCUT2D eigenvalue weighted by atomic mass is 32.2. The Labute approximate surface area is 180 Å². The fraction of sp³-hybridized carbons (Fsp3) is 0.458. The van der Waals surface area contributed by atoms with Gasteiger partial charge in [0.25, 0.3) is 0 Å². The lowest BCUT2D eigenvalue weighted by Gasteiger charge is -2.23. The van der Waals surface area contributed by atoms with E-state index in [1.807, 2.05) is 37.3 Å². The van der Waals surface area contributed by atoms with E-state index in [1.54, 1.807) is 24.3 Å². The topological polar surface area (TPSA) is 75.3 Å². The fourth-order valence-electron chi connectivity index (χ4n) is 3.96. The molecule has 5 nitrogen and oxygen atoms in total. The SMILES string of the molecule is Cc1ccc(S(=O)(=O)N[C@H](CC(=O)NC2CCCCCCC2)c2ccccc2)cc1. The summed E-state index contributed by atoms with van der Waals surface area (Å²) in [5, 5.41) is 3.15. The van der Waals surface area contributed by atoms with Gasteiger partial charge in [-0.1, -0.05) is 80.1 Å². The van der Waals surface area contributed by atoms with Gasteiger partial charge in [0.05, 0.1) is 10.9 Å². The van der Waals surface area contributed by atoms with Crippen molar-refractivity contribution in [1.29, 1.82) is 0 Å². The maximum absolute atomic E-state index is 12.9. The van der Waals surface area contributed by atoms with Crippen molar-refractivity contribution in [2.24, 2.45) is 0 Å². The Bertz CT molecular complexity index is 903. The lowest BCUT2D eigenvalue weighted by Crippen LogP contribution is -2.38. The van der Waals surface area contributed by atoms with Crippen molar-refractivity contribution >= 4 is 15.9 Å². The Hall–Kier alpha value is -2.18. The van der Waals surface area contributed by atoms with Gasteiger partial charge in [0.15, 0.2) is 0 Å². The largest absolute Gasteiger partial charge is 0.353 e. The minimum atomic E-state index is -3.74. The van der Waals surface area contributed by atoms with Crippen LogP contribution in [0, 0.1) is 6.92 Å². The Balaban J connectivity index is 1.72. The van der Waals surface area contributed by atoms with Gasteiger partial charge in [-0.15, -0.1) is 0 Å². The molecule has 1 saturated carbocycles. The molecule has 2 aromatic rings. The second-order valence-electron chi connectivity index (χ2n) is 8.21. The second kappa shape index (κ2) is 10.7. The summed E-state index contributed by atoms with van der Waals surface area (Å²) in [6.45, 7) is 1.91. The maximum atomic E-state index is 12.9. The van der Waals surface area contributed by atoms with Crippen molar-refractivity contribution in [3.05, 3.63) is 65.7 Å². The van der Waals surface area contributed by atoms with Crippen LogP contribution in [0.25, 0.3) is 0 Å². The van der Waals surface area contributed by atoms with E-state index in [0.29, 0.717) is 0 Å². The number of hydrogen-bond donors (Lipinski definition) is 2. The summed E-state index contributed by atoms with van der Waals surface area (Å²) < 4.78 is 28.6. The zero-order valence-corrected chi connectivity index (χ0v) is 18.5. The first-order valence-electron chi connectivity index (χ1n) is 10.9. The van der Waals surface area contributed by atoms with Crippen LogP contribution in [-0.4, -0.2) is 20.4 Å². The number of amides is 1. The molecule has 0 spiro atoms. The van der Waals surface area contributed by atoms with Crippen LogP contribution in [0.3, 0.4) is 0 Å². The van der Waals surface area contributed by atoms with E-state index in [-0.39, 0.29) is 23.3 Å². The Kier molecular flexibility index (Phi) is 8.05. The van der Waals surface area contributed by atoms with Crippen LogP contribution >= 0.6 is 0 Å². The summed E-state index contributed by atoms with van der Waals surface area (Å²) in [6.07, 6.45) is 8.04. The number of sulfonamides is 1. The first-order valence-corrected chi connectivity index (χ1v) is 12.4. The van der Waals surface area contributed by atoms with Crippen molar-refractivity contribution in [2.75, 3.05) is 0 Å². The van der Waals surface area contributed by atoms with Gasteiger partial charge in [-0.05, 0) is 37.5 Å². The van der Waals surface area contributed by atoms with Crippen LogP contribution in [0.15, 0.2) is 59.5 Å². The number of rotatable bonds is 7. The Morgan fingerprint density at radius 3 is 2.17 bits per heavy atom. The minimum Gasteiger partial charge on any atom is -0.353 e. The van der Waals surface area contributed by atoms with Crippen LogP contribution in [0.1, 0.15) is 68.5 Å². The standard InChI is InChI=1S/C24H32N2O3S/c1-19-14-16-22(17-15-19)30(28,29)26-23(20-10-6-5-7-11-20)18-24(27)25-21-12-8-3-2-4-9-13-21/h5-7,10-11,14-17,21,23,26H,2-4,8-9,12-13,18H2,1H3,(H,25,27)/t23-/m1/s1. The molecule has 1 aliphatic rings. The molecule has 1 atom stereocenters. The van der Waals surface area contributed by atoms with Crippen LogP contribution in [0.2, 0.25) is 0 Å². The molecule has 0 unspecified atom stereocenters. The third kappa shape index (κ3) is 6.67. The average molecular weight is 429 g/mol. The first kappa shape index (κ1) is 22.5. The summed E-state index contributed by atoms with van der Waals surface area (Å²) in [7, 11) is -3.74. The lowest BCUT2D eigenvalue weighted by molar-refractivity contribution is -0.122. The molecule has 0 saturated heterocycles. The zero-order chi connectivity index (χ0) is 21.4. The molecule has 0 radical (unpaired) electrons. The monoisotopic (exact) mass is 428 g/mol. The van der Waals surface area contributed by atoms with Gasteiger partial charge in [-0.3, -0.25) is 4.79 Å².